The van der Waals surface area contributed by atoms with Crippen molar-refractivity contribution in [3.8, 4) is 0 Å². The first-order chi connectivity index (χ1) is 6.56. The Kier molecular flexibility index (Phi) is 2.91. The van der Waals surface area contributed by atoms with E-state index < -0.39 is 11.2 Å². The highest BCUT2D eigenvalue weighted by atomic mass is 16.5. The van der Waals surface area contributed by atoms with E-state index >= 15 is 0 Å². The first kappa shape index (κ1) is 10.3. The number of nitrogens with one attached hydrogen (secondary N) is 2. The second-order valence-corrected chi connectivity index (χ2v) is 2.76. The molecule has 0 spiro atoms. The molecule has 0 aliphatic heterocycles. The molecule has 2 N–H and O–H groups in total. The number of rotatable bonds is 3. The summed E-state index contributed by atoms with van der Waals surface area (Å²) in [4.78, 5) is 26.8. The lowest BCUT2D eigenvalue weighted by Crippen LogP contribution is -2.26. The Morgan fingerprint density at radius 2 is 2.07 bits per heavy atom. The van der Waals surface area contributed by atoms with Gasteiger partial charge in [0.25, 0.3) is 5.56 Å². The third kappa shape index (κ3) is 1.93. The Morgan fingerprint density at radius 3 is 2.57 bits per heavy atom. The van der Waals surface area contributed by atoms with E-state index in [1.807, 2.05) is 0 Å². The van der Waals surface area contributed by atoms with Gasteiger partial charge in [-0.05, 0) is 13.8 Å². The molecule has 5 heteroatoms. The molecular formula is C9H12N2O3. The van der Waals surface area contributed by atoms with Crippen LogP contribution in [0.15, 0.2) is 16.2 Å². The summed E-state index contributed by atoms with van der Waals surface area (Å²) in [6.07, 6.45) is 0. The molecular weight excluding hydrogens is 184 g/mol. The standard InChI is InChI=1S/C9H12N2O3/c1-4-14-6(3)7-5(2)10-9(13)11-8(7)12/h3-4H2,1-2H3,(H2,10,11,12,13). The number of hydrogen-bond acceptors (Lipinski definition) is 3. The van der Waals surface area contributed by atoms with Crippen LogP contribution in [0, 0.1) is 6.92 Å². The van der Waals surface area contributed by atoms with Crippen molar-refractivity contribution in [3.05, 3.63) is 38.7 Å². The lowest BCUT2D eigenvalue weighted by molar-refractivity contribution is 0.298. The summed E-state index contributed by atoms with van der Waals surface area (Å²) in [6, 6.07) is 0. The molecule has 0 fully saturated rings. The van der Waals surface area contributed by atoms with Crippen LogP contribution >= 0.6 is 0 Å². The second-order valence-electron chi connectivity index (χ2n) is 2.76. The smallest absolute Gasteiger partial charge is 0.325 e. The third-order valence-electron chi connectivity index (χ3n) is 1.73. The highest BCUT2D eigenvalue weighted by molar-refractivity contribution is 5.58. The molecule has 0 unspecified atom stereocenters. The van der Waals surface area contributed by atoms with Gasteiger partial charge < -0.3 is 9.72 Å². The maximum absolute atomic E-state index is 11.4. The summed E-state index contributed by atoms with van der Waals surface area (Å²) < 4.78 is 5.09. The Labute approximate surface area is 80.4 Å². The summed E-state index contributed by atoms with van der Waals surface area (Å²) in [7, 11) is 0. The Balaban J connectivity index is 3.28. The predicted molar refractivity (Wildman–Crippen MR) is 53.1 cm³/mol. The van der Waals surface area contributed by atoms with E-state index in [9.17, 15) is 9.59 Å². The van der Waals surface area contributed by atoms with E-state index in [1.165, 1.54) is 0 Å². The van der Waals surface area contributed by atoms with Crippen molar-refractivity contribution in [1.29, 1.82) is 0 Å². The average Bonchev–Trinajstić information content (AvgIpc) is 2.01. The van der Waals surface area contributed by atoms with Crippen LogP contribution in [-0.2, 0) is 4.74 Å². The summed E-state index contributed by atoms with van der Waals surface area (Å²) >= 11 is 0. The maximum Gasteiger partial charge on any atom is 0.325 e. The molecule has 76 valence electrons. The summed E-state index contributed by atoms with van der Waals surface area (Å²) in [6.45, 7) is 7.44. The fourth-order valence-corrected chi connectivity index (χ4v) is 1.18. The molecule has 0 saturated heterocycles. The molecule has 0 amide bonds. The molecule has 1 aromatic rings. The summed E-state index contributed by atoms with van der Waals surface area (Å²) in [5.74, 6) is 0.266. The van der Waals surface area contributed by atoms with Crippen molar-refractivity contribution in [3.63, 3.8) is 0 Å². The van der Waals surface area contributed by atoms with Crippen LogP contribution in [-0.4, -0.2) is 16.6 Å². The van der Waals surface area contributed by atoms with Gasteiger partial charge in [-0.15, -0.1) is 0 Å². The molecule has 0 aliphatic carbocycles. The zero-order valence-corrected chi connectivity index (χ0v) is 8.14. The van der Waals surface area contributed by atoms with Crippen molar-refractivity contribution in [2.24, 2.45) is 0 Å². The third-order valence-corrected chi connectivity index (χ3v) is 1.73. The molecule has 1 rings (SSSR count). The van der Waals surface area contributed by atoms with Crippen LogP contribution in [0.25, 0.3) is 5.76 Å². The van der Waals surface area contributed by atoms with Crippen molar-refractivity contribution in [2.45, 2.75) is 13.8 Å². The van der Waals surface area contributed by atoms with Crippen molar-refractivity contribution in [2.75, 3.05) is 6.61 Å². The van der Waals surface area contributed by atoms with E-state index in [-0.39, 0.29) is 11.3 Å². The topological polar surface area (TPSA) is 75.0 Å². The highest BCUT2D eigenvalue weighted by Gasteiger charge is 2.09. The van der Waals surface area contributed by atoms with Gasteiger partial charge in [0.05, 0.1) is 6.61 Å². The second kappa shape index (κ2) is 3.95. The minimum atomic E-state index is -0.527. The molecule has 0 aliphatic rings. The summed E-state index contributed by atoms with van der Waals surface area (Å²) in [5.41, 5.74) is -0.270. The van der Waals surface area contributed by atoms with Gasteiger partial charge in [0.15, 0.2) is 0 Å². The Hall–Kier alpha value is -1.78. The number of aromatic amines is 2. The van der Waals surface area contributed by atoms with Crippen molar-refractivity contribution < 1.29 is 4.74 Å². The van der Waals surface area contributed by atoms with Gasteiger partial charge in [0.1, 0.15) is 11.3 Å². The summed E-state index contributed by atoms with van der Waals surface area (Å²) in [5, 5.41) is 0. The fraction of sp³-hybridized carbons (Fsp3) is 0.333. The first-order valence-electron chi connectivity index (χ1n) is 4.21. The van der Waals surface area contributed by atoms with Crippen LogP contribution in [0.2, 0.25) is 0 Å². The normalized spacial score (nSPS) is 9.86. The molecule has 0 atom stereocenters. The molecule has 0 radical (unpaired) electrons. The van der Waals surface area contributed by atoms with E-state index in [0.29, 0.717) is 12.3 Å². The Bertz CT molecular complexity index is 456. The largest absolute Gasteiger partial charge is 0.494 e. The van der Waals surface area contributed by atoms with Gasteiger partial charge in [-0.3, -0.25) is 9.78 Å². The fourth-order valence-electron chi connectivity index (χ4n) is 1.18. The van der Waals surface area contributed by atoms with E-state index in [4.69, 9.17) is 4.74 Å². The zero-order chi connectivity index (χ0) is 10.7. The Morgan fingerprint density at radius 1 is 1.43 bits per heavy atom. The van der Waals surface area contributed by atoms with Crippen molar-refractivity contribution in [1.82, 2.24) is 9.97 Å². The zero-order valence-electron chi connectivity index (χ0n) is 8.14. The number of aryl methyl sites for hydroxylation is 1. The highest BCUT2D eigenvalue weighted by Crippen LogP contribution is 2.09. The predicted octanol–water partition coefficient (Wildman–Crippen LogP) is 0.379. The van der Waals surface area contributed by atoms with E-state index in [0.717, 1.165) is 0 Å². The van der Waals surface area contributed by atoms with Crippen LogP contribution in [0.4, 0.5) is 0 Å². The van der Waals surface area contributed by atoms with Gasteiger partial charge >= 0.3 is 5.69 Å². The molecule has 1 heterocycles. The monoisotopic (exact) mass is 196 g/mol. The minimum absolute atomic E-state index is 0.266. The van der Waals surface area contributed by atoms with Gasteiger partial charge in [-0.25, -0.2) is 4.79 Å². The van der Waals surface area contributed by atoms with Crippen LogP contribution < -0.4 is 11.2 Å². The SMILES string of the molecule is C=C(OCC)c1c(C)[nH]c(=O)[nH]c1=O. The molecule has 1 aromatic heterocycles. The molecule has 0 aromatic carbocycles. The number of hydrogen-bond donors (Lipinski definition) is 2. The molecule has 0 bridgehead atoms. The van der Waals surface area contributed by atoms with Crippen LogP contribution in [0.3, 0.4) is 0 Å². The number of aromatic nitrogens is 2. The number of H-pyrrole nitrogens is 2. The van der Waals surface area contributed by atoms with Gasteiger partial charge in [-0.2, -0.15) is 0 Å². The van der Waals surface area contributed by atoms with Crippen molar-refractivity contribution >= 4 is 5.76 Å². The maximum atomic E-state index is 11.4. The van der Waals surface area contributed by atoms with Gasteiger partial charge in [-0.1, -0.05) is 6.58 Å². The molecule has 0 saturated carbocycles. The average molecular weight is 196 g/mol. The van der Waals surface area contributed by atoms with Gasteiger partial charge in [0.2, 0.25) is 0 Å². The van der Waals surface area contributed by atoms with Gasteiger partial charge in [0, 0.05) is 5.69 Å². The van der Waals surface area contributed by atoms with E-state index in [1.54, 1.807) is 13.8 Å². The quantitative estimate of drug-likeness (QED) is 0.686. The van der Waals surface area contributed by atoms with E-state index in [2.05, 4.69) is 16.5 Å². The van der Waals surface area contributed by atoms with Crippen LogP contribution in [0.1, 0.15) is 18.2 Å². The minimum Gasteiger partial charge on any atom is -0.494 e. The lowest BCUT2D eigenvalue weighted by Gasteiger charge is -2.07. The first-order valence-corrected chi connectivity index (χ1v) is 4.21. The van der Waals surface area contributed by atoms with Crippen LogP contribution in [0.5, 0.6) is 0 Å². The lowest BCUT2D eigenvalue weighted by atomic mass is 10.2. The molecule has 5 nitrogen and oxygen atoms in total. The molecule has 14 heavy (non-hydrogen) atoms. The number of ether oxygens (including phenoxy) is 1.